The summed E-state index contributed by atoms with van der Waals surface area (Å²) in [4.78, 5) is 0. The molecule has 0 radical (unpaired) electrons. The van der Waals surface area contributed by atoms with Crippen LogP contribution in [0.2, 0.25) is 10.0 Å². The third-order valence-corrected chi connectivity index (χ3v) is 3.70. The second-order valence-corrected chi connectivity index (χ2v) is 5.39. The lowest BCUT2D eigenvalue weighted by molar-refractivity contribution is 0.389. The summed E-state index contributed by atoms with van der Waals surface area (Å²) in [6, 6.07) is 9.27. The molecule has 0 amide bonds. The Morgan fingerprint density at radius 2 is 2.00 bits per heavy atom. The Bertz CT molecular complexity index is 590. The molecule has 21 heavy (non-hydrogen) atoms. The van der Waals surface area contributed by atoms with E-state index in [0.29, 0.717) is 22.3 Å². The van der Waals surface area contributed by atoms with Crippen molar-refractivity contribution in [1.82, 2.24) is 15.5 Å². The average Bonchev–Trinajstić information content (AvgIpc) is 2.49. The van der Waals surface area contributed by atoms with Crippen molar-refractivity contribution in [1.29, 1.82) is 0 Å². The molecule has 1 N–H and O–H groups in total. The minimum Gasteiger partial charge on any atom is -0.480 e. The Labute approximate surface area is 134 Å². The highest BCUT2D eigenvalue weighted by atomic mass is 35.5. The molecule has 1 heterocycles. The van der Waals surface area contributed by atoms with Gasteiger partial charge in [0.2, 0.25) is 5.88 Å². The van der Waals surface area contributed by atoms with Gasteiger partial charge in [0.25, 0.3) is 0 Å². The molecular formula is C15H17Cl2N3O. The normalized spacial score (nSPS) is 12.2. The maximum absolute atomic E-state index is 6.24. The number of benzene rings is 1. The molecule has 1 atom stereocenters. The van der Waals surface area contributed by atoms with Crippen molar-refractivity contribution in [3.8, 4) is 5.88 Å². The molecule has 2 rings (SSSR count). The highest BCUT2D eigenvalue weighted by Gasteiger charge is 2.15. The topological polar surface area (TPSA) is 47.0 Å². The molecule has 0 aliphatic carbocycles. The summed E-state index contributed by atoms with van der Waals surface area (Å²) in [6.07, 6.45) is 0.713. The van der Waals surface area contributed by atoms with E-state index >= 15 is 0 Å². The summed E-state index contributed by atoms with van der Waals surface area (Å²) in [5, 5.41) is 12.9. The first-order valence-electron chi connectivity index (χ1n) is 6.69. The smallest absolute Gasteiger partial charge is 0.233 e. The van der Waals surface area contributed by atoms with Crippen LogP contribution in [-0.2, 0) is 6.42 Å². The van der Waals surface area contributed by atoms with Crippen LogP contribution in [0.25, 0.3) is 0 Å². The molecule has 112 valence electrons. The van der Waals surface area contributed by atoms with E-state index in [9.17, 15) is 0 Å². The zero-order valence-corrected chi connectivity index (χ0v) is 13.4. The Morgan fingerprint density at radius 3 is 2.57 bits per heavy atom. The molecule has 0 aliphatic rings. The molecule has 6 heteroatoms. The van der Waals surface area contributed by atoms with Crippen molar-refractivity contribution < 1.29 is 4.74 Å². The second-order valence-electron chi connectivity index (χ2n) is 4.55. The van der Waals surface area contributed by atoms with E-state index in [-0.39, 0.29) is 6.04 Å². The van der Waals surface area contributed by atoms with Gasteiger partial charge >= 0.3 is 0 Å². The first kappa shape index (κ1) is 16.0. The van der Waals surface area contributed by atoms with Crippen LogP contribution < -0.4 is 10.1 Å². The first-order chi connectivity index (χ1) is 10.1. The minimum absolute atomic E-state index is 0.0343. The summed E-state index contributed by atoms with van der Waals surface area (Å²) in [5.41, 5.74) is 1.87. The third kappa shape index (κ3) is 4.30. The predicted octanol–water partition coefficient (Wildman–Crippen LogP) is 3.69. The quantitative estimate of drug-likeness (QED) is 0.879. The molecule has 0 saturated carbocycles. The van der Waals surface area contributed by atoms with E-state index in [1.165, 1.54) is 0 Å². The van der Waals surface area contributed by atoms with Crippen molar-refractivity contribution in [2.75, 3.05) is 13.7 Å². The molecule has 1 aromatic heterocycles. The van der Waals surface area contributed by atoms with Crippen molar-refractivity contribution in [3.63, 3.8) is 0 Å². The van der Waals surface area contributed by atoms with Gasteiger partial charge in [0.1, 0.15) is 0 Å². The molecule has 2 aromatic rings. The van der Waals surface area contributed by atoms with Crippen LogP contribution in [0.15, 0.2) is 30.3 Å². The fourth-order valence-corrected chi connectivity index (χ4v) is 2.55. The van der Waals surface area contributed by atoms with Gasteiger partial charge in [0.15, 0.2) is 0 Å². The Morgan fingerprint density at radius 1 is 1.19 bits per heavy atom. The number of likely N-dealkylation sites (N-methyl/N-ethyl adjacent to an activating group) is 1. The van der Waals surface area contributed by atoms with Crippen LogP contribution in [-0.4, -0.2) is 23.9 Å². The number of nitrogens with zero attached hydrogens (tertiary/aromatic N) is 2. The van der Waals surface area contributed by atoms with Crippen LogP contribution in [0.4, 0.5) is 0 Å². The van der Waals surface area contributed by atoms with Crippen LogP contribution in [0.5, 0.6) is 5.88 Å². The van der Waals surface area contributed by atoms with Gasteiger partial charge in [-0.15, -0.1) is 5.10 Å². The molecule has 1 aromatic carbocycles. The zero-order chi connectivity index (χ0) is 15.2. The minimum atomic E-state index is 0.0343. The van der Waals surface area contributed by atoms with E-state index in [2.05, 4.69) is 15.5 Å². The second kappa shape index (κ2) is 7.59. The largest absolute Gasteiger partial charge is 0.480 e. The molecule has 1 unspecified atom stereocenters. The third-order valence-electron chi connectivity index (χ3n) is 3.12. The zero-order valence-electron chi connectivity index (χ0n) is 11.9. The molecule has 0 spiro atoms. The number of ether oxygens (including phenoxy) is 1. The SMILES string of the molecule is CCNC(Cc1ccc(Cl)cc1Cl)c1ccc(OC)nn1. The van der Waals surface area contributed by atoms with Gasteiger partial charge in [0, 0.05) is 16.1 Å². The van der Waals surface area contributed by atoms with Gasteiger partial charge < -0.3 is 10.1 Å². The van der Waals surface area contributed by atoms with Crippen LogP contribution in [0, 0.1) is 0 Å². The Hall–Kier alpha value is -1.36. The number of halogens is 2. The number of aromatic nitrogens is 2. The van der Waals surface area contributed by atoms with Crippen LogP contribution in [0.3, 0.4) is 0 Å². The van der Waals surface area contributed by atoms with Crippen molar-refractivity contribution in [2.24, 2.45) is 0 Å². The van der Waals surface area contributed by atoms with Crippen LogP contribution in [0.1, 0.15) is 24.2 Å². The Kier molecular flexibility index (Phi) is 5.79. The Balaban J connectivity index is 2.21. The fourth-order valence-electron chi connectivity index (χ4n) is 2.06. The van der Waals surface area contributed by atoms with Gasteiger partial charge in [-0.2, -0.15) is 5.10 Å². The van der Waals surface area contributed by atoms with E-state index < -0.39 is 0 Å². The molecule has 0 bridgehead atoms. The highest BCUT2D eigenvalue weighted by molar-refractivity contribution is 6.35. The summed E-state index contributed by atoms with van der Waals surface area (Å²) in [5.74, 6) is 0.499. The molecule has 4 nitrogen and oxygen atoms in total. The van der Waals surface area contributed by atoms with E-state index in [1.807, 2.05) is 25.1 Å². The standard InChI is InChI=1S/C15H17Cl2N3O/c1-3-18-14(13-6-7-15(21-2)20-19-13)8-10-4-5-11(16)9-12(10)17/h4-7,9,14,18H,3,8H2,1-2H3. The van der Waals surface area contributed by atoms with Gasteiger partial charge in [-0.1, -0.05) is 36.2 Å². The lowest BCUT2D eigenvalue weighted by atomic mass is 10.0. The molecule has 0 saturated heterocycles. The molecular weight excluding hydrogens is 309 g/mol. The number of rotatable bonds is 6. The lowest BCUT2D eigenvalue weighted by Gasteiger charge is -2.18. The number of hydrogen-bond acceptors (Lipinski definition) is 4. The predicted molar refractivity (Wildman–Crippen MR) is 85.2 cm³/mol. The van der Waals surface area contributed by atoms with Crippen molar-refractivity contribution >= 4 is 23.2 Å². The average molecular weight is 326 g/mol. The lowest BCUT2D eigenvalue weighted by Crippen LogP contribution is -2.24. The fraction of sp³-hybridized carbons (Fsp3) is 0.333. The maximum atomic E-state index is 6.24. The summed E-state index contributed by atoms with van der Waals surface area (Å²) >= 11 is 12.2. The maximum Gasteiger partial charge on any atom is 0.233 e. The summed E-state index contributed by atoms with van der Waals surface area (Å²) in [6.45, 7) is 2.87. The van der Waals surface area contributed by atoms with Crippen LogP contribution >= 0.6 is 23.2 Å². The highest BCUT2D eigenvalue weighted by Crippen LogP contribution is 2.25. The van der Waals surface area contributed by atoms with E-state index in [0.717, 1.165) is 17.8 Å². The van der Waals surface area contributed by atoms with Crippen molar-refractivity contribution in [2.45, 2.75) is 19.4 Å². The van der Waals surface area contributed by atoms with Gasteiger partial charge in [-0.25, -0.2) is 0 Å². The van der Waals surface area contributed by atoms with Gasteiger partial charge in [-0.3, -0.25) is 0 Å². The number of methoxy groups -OCH3 is 1. The van der Waals surface area contributed by atoms with Crippen molar-refractivity contribution in [3.05, 3.63) is 51.6 Å². The van der Waals surface area contributed by atoms with E-state index in [4.69, 9.17) is 27.9 Å². The van der Waals surface area contributed by atoms with E-state index in [1.54, 1.807) is 19.2 Å². The molecule has 0 aliphatic heterocycles. The summed E-state index contributed by atoms with van der Waals surface area (Å²) < 4.78 is 5.03. The number of hydrogen-bond donors (Lipinski definition) is 1. The van der Waals surface area contributed by atoms with Gasteiger partial charge in [-0.05, 0) is 36.7 Å². The first-order valence-corrected chi connectivity index (χ1v) is 7.44. The van der Waals surface area contributed by atoms with Gasteiger partial charge in [0.05, 0.1) is 18.8 Å². The molecule has 0 fully saturated rings. The monoisotopic (exact) mass is 325 g/mol. The number of nitrogens with one attached hydrogen (secondary N) is 1. The summed E-state index contributed by atoms with van der Waals surface area (Å²) in [7, 11) is 1.57.